The zero-order valence-electron chi connectivity index (χ0n) is 16.4. The van der Waals surface area contributed by atoms with Crippen molar-refractivity contribution >= 4 is 11.7 Å². The van der Waals surface area contributed by atoms with E-state index in [1.165, 1.54) is 6.07 Å². The monoisotopic (exact) mass is 388 g/mol. The molecule has 0 N–H and O–H groups in total. The first-order chi connectivity index (χ1) is 13.4. The van der Waals surface area contributed by atoms with Crippen LogP contribution < -0.4 is 4.90 Å². The van der Waals surface area contributed by atoms with Gasteiger partial charge in [0.25, 0.3) is 5.91 Å². The Bertz CT molecular complexity index is 805. The molecule has 1 saturated heterocycles. The molecule has 28 heavy (non-hydrogen) atoms. The highest BCUT2D eigenvalue weighted by Gasteiger charge is 2.19. The Labute approximate surface area is 164 Å². The van der Waals surface area contributed by atoms with Crippen molar-refractivity contribution in [1.82, 2.24) is 14.8 Å². The van der Waals surface area contributed by atoms with Crippen LogP contribution in [-0.2, 0) is 6.54 Å². The summed E-state index contributed by atoms with van der Waals surface area (Å²) in [5, 5.41) is 0. The van der Waals surface area contributed by atoms with Gasteiger partial charge in [-0.1, -0.05) is 6.07 Å². The molecule has 3 rings (SSSR count). The second kappa shape index (κ2) is 9.10. The lowest BCUT2D eigenvalue weighted by Crippen LogP contribution is -2.36. The number of rotatable bonds is 7. The average Bonchev–Trinajstić information content (AvgIpc) is 3.22. The number of halogens is 2. The topological polar surface area (TPSA) is 39.7 Å². The van der Waals surface area contributed by atoms with Crippen molar-refractivity contribution in [2.45, 2.75) is 19.4 Å². The molecule has 1 amide bonds. The summed E-state index contributed by atoms with van der Waals surface area (Å²) in [5.74, 6) is -1.09. The van der Waals surface area contributed by atoms with Crippen LogP contribution in [0.25, 0.3) is 0 Å². The largest absolute Gasteiger partial charge is 0.357 e. The molecule has 2 heterocycles. The van der Waals surface area contributed by atoms with Gasteiger partial charge in [0.1, 0.15) is 5.82 Å². The number of carbonyl (C=O) groups is 1. The van der Waals surface area contributed by atoms with E-state index in [1.807, 2.05) is 25.1 Å². The fourth-order valence-electron chi connectivity index (χ4n) is 3.26. The van der Waals surface area contributed by atoms with Crippen molar-refractivity contribution in [3.8, 4) is 0 Å². The molecule has 1 aromatic heterocycles. The fourth-order valence-corrected chi connectivity index (χ4v) is 3.26. The van der Waals surface area contributed by atoms with Gasteiger partial charge >= 0.3 is 0 Å². The summed E-state index contributed by atoms with van der Waals surface area (Å²) >= 11 is 0. The van der Waals surface area contributed by atoms with Gasteiger partial charge in [-0.3, -0.25) is 4.79 Å². The standard InChI is InChI=1S/C21H26F2N4O/c1-25(2)11-12-27(15-16-5-7-18(22)19(23)13-16)21(28)17-6-8-20(24-14-17)26-9-3-4-10-26/h5-8,13-14H,3-4,9-12,15H2,1-2H3. The Balaban J connectivity index is 1.76. The highest BCUT2D eigenvalue weighted by Crippen LogP contribution is 2.19. The summed E-state index contributed by atoms with van der Waals surface area (Å²) in [6.45, 7) is 3.32. The highest BCUT2D eigenvalue weighted by molar-refractivity contribution is 5.94. The number of benzene rings is 1. The molecule has 0 saturated carbocycles. The fraction of sp³-hybridized carbons (Fsp3) is 0.429. The Morgan fingerprint density at radius 1 is 1.07 bits per heavy atom. The van der Waals surface area contributed by atoms with Crippen molar-refractivity contribution in [2.75, 3.05) is 45.2 Å². The third-order valence-electron chi connectivity index (χ3n) is 4.89. The van der Waals surface area contributed by atoms with Crippen LogP contribution in [0, 0.1) is 11.6 Å². The molecule has 1 aliphatic heterocycles. The highest BCUT2D eigenvalue weighted by atomic mass is 19.2. The zero-order valence-corrected chi connectivity index (χ0v) is 16.4. The van der Waals surface area contributed by atoms with Crippen molar-refractivity contribution < 1.29 is 13.6 Å². The molecule has 0 aliphatic carbocycles. The second-order valence-electron chi connectivity index (χ2n) is 7.38. The molecule has 1 aliphatic rings. The third kappa shape index (κ3) is 5.04. The molecule has 7 heteroatoms. The van der Waals surface area contributed by atoms with Crippen LogP contribution in [-0.4, -0.2) is 61.0 Å². The molecular formula is C21H26F2N4O. The van der Waals surface area contributed by atoms with Gasteiger partial charge < -0.3 is 14.7 Å². The number of carbonyl (C=O) groups excluding carboxylic acids is 1. The molecule has 0 spiro atoms. The molecule has 0 unspecified atom stereocenters. The average molecular weight is 388 g/mol. The van der Waals surface area contributed by atoms with Crippen molar-refractivity contribution in [2.24, 2.45) is 0 Å². The zero-order chi connectivity index (χ0) is 20.1. The molecule has 1 fully saturated rings. The van der Waals surface area contributed by atoms with E-state index in [0.717, 1.165) is 43.9 Å². The van der Waals surface area contributed by atoms with Gasteiger partial charge in [-0.05, 0) is 56.8 Å². The minimum Gasteiger partial charge on any atom is -0.357 e. The number of anilines is 1. The maximum Gasteiger partial charge on any atom is 0.255 e. The number of likely N-dealkylation sites (N-methyl/N-ethyl adjacent to an activating group) is 1. The van der Waals surface area contributed by atoms with E-state index >= 15 is 0 Å². The predicted molar refractivity (Wildman–Crippen MR) is 105 cm³/mol. The van der Waals surface area contributed by atoms with Crippen LogP contribution in [0.3, 0.4) is 0 Å². The van der Waals surface area contributed by atoms with Gasteiger partial charge in [0, 0.05) is 38.9 Å². The molecule has 0 radical (unpaired) electrons. The maximum absolute atomic E-state index is 13.6. The van der Waals surface area contributed by atoms with E-state index in [4.69, 9.17) is 0 Å². The van der Waals surface area contributed by atoms with Crippen LogP contribution in [0.2, 0.25) is 0 Å². The Morgan fingerprint density at radius 2 is 1.82 bits per heavy atom. The SMILES string of the molecule is CN(C)CCN(Cc1ccc(F)c(F)c1)C(=O)c1ccc(N2CCCC2)nc1. The lowest BCUT2D eigenvalue weighted by atomic mass is 10.1. The number of hydrogen-bond acceptors (Lipinski definition) is 4. The number of hydrogen-bond donors (Lipinski definition) is 0. The first-order valence-corrected chi connectivity index (χ1v) is 9.53. The first-order valence-electron chi connectivity index (χ1n) is 9.53. The molecule has 0 bridgehead atoms. The van der Waals surface area contributed by atoms with Crippen molar-refractivity contribution in [1.29, 1.82) is 0 Å². The van der Waals surface area contributed by atoms with E-state index in [0.29, 0.717) is 24.2 Å². The van der Waals surface area contributed by atoms with Crippen LogP contribution in [0.4, 0.5) is 14.6 Å². The summed E-state index contributed by atoms with van der Waals surface area (Å²) < 4.78 is 26.8. The Hall–Kier alpha value is -2.54. The third-order valence-corrected chi connectivity index (χ3v) is 4.89. The molecule has 150 valence electrons. The molecule has 0 atom stereocenters. The summed E-state index contributed by atoms with van der Waals surface area (Å²) in [4.78, 5) is 23.3. The van der Waals surface area contributed by atoms with E-state index in [1.54, 1.807) is 17.2 Å². The second-order valence-corrected chi connectivity index (χ2v) is 7.38. The summed E-state index contributed by atoms with van der Waals surface area (Å²) in [6.07, 6.45) is 3.92. The number of amides is 1. The van der Waals surface area contributed by atoms with Crippen molar-refractivity contribution in [3.63, 3.8) is 0 Å². The van der Waals surface area contributed by atoms with Crippen LogP contribution in [0.5, 0.6) is 0 Å². The number of nitrogens with zero attached hydrogens (tertiary/aromatic N) is 4. The van der Waals surface area contributed by atoms with E-state index in [2.05, 4.69) is 9.88 Å². The van der Waals surface area contributed by atoms with Gasteiger partial charge in [0.2, 0.25) is 0 Å². The Morgan fingerprint density at radius 3 is 2.43 bits per heavy atom. The molecular weight excluding hydrogens is 362 g/mol. The predicted octanol–water partition coefficient (Wildman–Crippen LogP) is 3.16. The van der Waals surface area contributed by atoms with Gasteiger partial charge in [-0.25, -0.2) is 13.8 Å². The summed E-state index contributed by atoms with van der Waals surface area (Å²) in [7, 11) is 3.85. The van der Waals surface area contributed by atoms with Crippen molar-refractivity contribution in [3.05, 3.63) is 59.3 Å². The lowest BCUT2D eigenvalue weighted by molar-refractivity contribution is 0.0731. The van der Waals surface area contributed by atoms with Crippen LogP contribution in [0.15, 0.2) is 36.5 Å². The van der Waals surface area contributed by atoms with Crippen LogP contribution in [0.1, 0.15) is 28.8 Å². The quantitative estimate of drug-likeness (QED) is 0.731. The lowest BCUT2D eigenvalue weighted by Gasteiger charge is -2.25. The minimum absolute atomic E-state index is 0.174. The maximum atomic E-state index is 13.6. The van der Waals surface area contributed by atoms with Gasteiger partial charge in [-0.15, -0.1) is 0 Å². The molecule has 2 aromatic rings. The van der Waals surface area contributed by atoms with Gasteiger partial charge in [-0.2, -0.15) is 0 Å². The Kier molecular flexibility index (Phi) is 6.57. The smallest absolute Gasteiger partial charge is 0.255 e. The minimum atomic E-state index is -0.908. The molecule has 1 aromatic carbocycles. The van der Waals surface area contributed by atoms with E-state index < -0.39 is 11.6 Å². The van der Waals surface area contributed by atoms with E-state index in [9.17, 15) is 13.6 Å². The van der Waals surface area contributed by atoms with E-state index in [-0.39, 0.29) is 12.5 Å². The number of pyridine rings is 1. The van der Waals surface area contributed by atoms with Gasteiger partial charge in [0.05, 0.1) is 5.56 Å². The summed E-state index contributed by atoms with van der Waals surface area (Å²) in [6, 6.07) is 7.39. The first kappa shape index (κ1) is 20.2. The summed E-state index contributed by atoms with van der Waals surface area (Å²) in [5.41, 5.74) is 1.04. The van der Waals surface area contributed by atoms with Gasteiger partial charge in [0.15, 0.2) is 11.6 Å². The number of aromatic nitrogens is 1. The normalized spacial score (nSPS) is 14.0. The van der Waals surface area contributed by atoms with Crippen LogP contribution >= 0.6 is 0 Å². The molecule has 5 nitrogen and oxygen atoms in total.